The Morgan fingerprint density at radius 2 is 1.77 bits per heavy atom. The van der Waals surface area contributed by atoms with Crippen molar-refractivity contribution < 1.29 is 14.3 Å². The fourth-order valence-corrected chi connectivity index (χ4v) is 4.02. The monoisotopic (exact) mass is 420 g/mol. The van der Waals surface area contributed by atoms with E-state index in [0.29, 0.717) is 11.6 Å². The zero-order chi connectivity index (χ0) is 22.1. The number of unbranched alkanes of at least 4 members (excludes halogenated alkanes) is 1. The van der Waals surface area contributed by atoms with Gasteiger partial charge in [-0.25, -0.2) is 4.98 Å². The number of ether oxygens (including phenoxy) is 1. The molecular weight excluding hydrogens is 388 g/mol. The van der Waals surface area contributed by atoms with Gasteiger partial charge >= 0.3 is 5.97 Å². The summed E-state index contributed by atoms with van der Waals surface area (Å²) in [4.78, 5) is 27.8. The number of pyridine rings is 1. The molecule has 1 N–H and O–H groups in total. The lowest BCUT2D eigenvalue weighted by atomic mass is 9.80. The van der Waals surface area contributed by atoms with Crippen LogP contribution in [0.4, 0.5) is 5.82 Å². The molecular formula is C26H32N2O3. The van der Waals surface area contributed by atoms with E-state index in [4.69, 9.17) is 4.74 Å². The number of aromatic nitrogens is 1. The number of hydrogen-bond donors (Lipinski definition) is 1. The Morgan fingerprint density at radius 3 is 2.45 bits per heavy atom. The van der Waals surface area contributed by atoms with Crippen LogP contribution in [-0.4, -0.2) is 16.9 Å². The van der Waals surface area contributed by atoms with E-state index in [2.05, 4.69) is 17.2 Å². The van der Waals surface area contributed by atoms with E-state index in [1.807, 2.05) is 48.6 Å². The van der Waals surface area contributed by atoms with Crippen molar-refractivity contribution in [3.05, 3.63) is 53.7 Å². The predicted octanol–water partition coefficient (Wildman–Crippen LogP) is 6.11. The smallest absolute Gasteiger partial charge is 0.314 e. The molecule has 0 spiro atoms. The number of nitrogens with one attached hydrogen (secondary N) is 1. The van der Waals surface area contributed by atoms with E-state index in [9.17, 15) is 9.59 Å². The molecule has 164 valence electrons. The molecule has 3 rings (SSSR count). The first-order valence-corrected chi connectivity index (χ1v) is 11.3. The lowest BCUT2D eigenvalue weighted by molar-refractivity contribution is -0.140. The third kappa shape index (κ3) is 7.35. The number of anilines is 1. The second kappa shape index (κ2) is 11.4. The summed E-state index contributed by atoms with van der Waals surface area (Å²) in [5, 5.41) is 2.67. The van der Waals surface area contributed by atoms with Crippen LogP contribution in [0.1, 0.15) is 69.9 Å². The molecule has 0 radical (unpaired) electrons. The molecule has 1 saturated carbocycles. The zero-order valence-corrected chi connectivity index (χ0v) is 18.5. The summed E-state index contributed by atoms with van der Waals surface area (Å²) in [7, 11) is 0. The van der Waals surface area contributed by atoms with Crippen molar-refractivity contribution in [1.82, 2.24) is 4.98 Å². The number of hydrogen-bond acceptors (Lipinski definition) is 4. The van der Waals surface area contributed by atoms with Gasteiger partial charge in [0.05, 0.1) is 5.92 Å². The Bertz CT molecular complexity index is 897. The van der Waals surface area contributed by atoms with Crippen LogP contribution in [0.15, 0.2) is 42.6 Å². The van der Waals surface area contributed by atoms with Gasteiger partial charge in [0, 0.05) is 13.1 Å². The highest BCUT2D eigenvalue weighted by molar-refractivity contribution is 5.88. The highest BCUT2D eigenvalue weighted by Gasteiger charge is 2.27. The molecule has 5 nitrogen and oxygen atoms in total. The van der Waals surface area contributed by atoms with Gasteiger partial charge in [-0.15, -0.1) is 0 Å². The number of amides is 1. The van der Waals surface area contributed by atoms with Gasteiger partial charge in [0.15, 0.2) is 0 Å². The normalized spacial score (nSPS) is 18.6. The van der Waals surface area contributed by atoms with Crippen molar-refractivity contribution >= 4 is 29.8 Å². The SMILES string of the molecule is CCCCC1CCC(C(=O)Oc2ccc(/C=C/c3ccnc(NC(C)=O)c3)cc2)CC1. The molecule has 31 heavy (non-hydrogen) atoms. The Kier molecular flexibility index (Phi) is 8.39. The molecule has 1 aromatic heterocycles. The molecule has 0 bridgehead atoms. The summed E-state index contributed by atoms with van der Waals surface area (Å²) in [5.74, 6) is 1.68. The van der Waals surface area contributed by atoms with Crippen LogP contribution < -0.4 is 10.1 Å². The van der Waals surface area contributed by atoms with Crippen LogP contribution in [0.2, 0.25) is 0 Å². The Hall–Kier alpha value is -2.95. The Morgan fingerprint density at radius 1 is 1.06 bits per heavy atom. The van der Waals surface area contributed by atoms with Crippen molar-refractivity contribution in [2.45, 2.75) is 58.8 Å². The number of nitrogens with zero attached hydrogens (tertiary/aromatic N) is 1. The van der Waals surface area contributed by atoms with E-state index in [1.54, 1.807) is 6.20 Å². The third-order valence-electron chi connectivity index (χ3n) is 5.80. The average molecular weight is 421 g/mol. The average Bonchev–Trinajstić information content (AvgIpc) is 2.77. The molecule has 0 unspecified atom stereocenters. The van der Waals surface area contributed by atoms with E-state index in [1.165, 1.54) is 26.2 Å². The quantitative estimate of drug-likeness (QED) is 0.413. The first kappa shape index (κ1) is 22.7. The second-order valence-corrected chi connectivity index (χ2v) is 8.34. The molecule has 0 saturated heterocycles. The van der Waals surface area contributed by atoms with Crippen molar-refractivity contribution in [2.75, 3.05) is 5.32 Å². The van der Waals surface area contributed by atoms with E-state index in [0.717, 1.165) is 42.7 Å². The van der Waals surface area contributed by atoms with Crippen LogP contribution >= 0.6 is 0 Å². The van der Waals surface area contributed by atoms with Gasteiger partial charge in [-0.3, -0.25) is 9.59 Å². The van der Waals surface area contributed by atoms with Crippen molar-refractivity contribution in [2.24, 2.45) is 11.8 Å². The molecule has 5 heteroatoms. The van der Waals surface area contributed by atoms with Gasteiger partial charge in [-0.1, -0.05) is 50.5 Å². The molecule has 1 fully saturated rings. The highest BCUT2D eigenvalue weighted by atomic mass is 16.5. The van der Waals surface area contributed by atoms with Gasteiger partial charge in [0.1, 0.15) is 11.6 Å². The predicted molar refractivity (Wildman–Crippen MR) is 125 cm³/mol. The van der Waals surface area contributed by atoms with Crippen LogP contribution in [0.3, 0.4) is 0 Å². The Balaban J connectivity index is 1.51. The van der Waals surface area contributed by atoms with E-state index in [-0.39, 0.29) is 17.8 Å². The molecule has 1 aliphatic carbocycles. The topological polar surface area (TPSA) is 68.3 Å². The van der Waals surface area contributed by atoms with Gasteiger partial charge in [-0.05, 0) is 67.0 Å². The minimum Gasteiger partial charge on any atom is -0.426 e. The van der Waals surface area contributed by atoms with Gasteiger partial charge in [-0.2, -0.15) is 0 Å². The summed E-state index contributed by atoms with van der Waals surface area (Å²) < 4.78 is 5.63. The van der Waals surface area contributed by atoms with Gasteiger partial charge in [0.25, 0.3) is 0 Å². The molecule has 1 heterocycles. The fraction of sp³-hybridized carbons (Fsp3) is 0.423. The summed E-state index contributed by atoms with van der Waals surface area (Å²) in [6.45, 7) is 3.68. The molecule has 1 aliphatic rings. The van der Waals surface area contributed by atoms with Crippen LogP contribution in [0.25, 0.3) is 12.2 Å². The zero-order valence-electron chi connectivity index (χ0n) is 18.5. The standard InChI is InChI=1S/C26H32N2O3/c1-3-4-5-20-8-12-23(13-9-20)26(30)31-24-14-10-21(11-15-24)6-7-22-16-17-27-25(18-22)28-19(2)29/h6-7,10-11,14-18,20,23H,3-5,8-9,12-13H2,1-2H3,(H,27,28,29)/b7-6+. The molecule has 0 atom stereocenters. The van der Waals surface area contributed by atoms with E-state index < -0.39 is 0 Å². The summed E-state index contributed by atoms with van der Waals surface area (Å²) in [5.41, 5.74) is 1.93. The van der Waals surface area contributed by atoms with Gasteiger partial charge in [0.2, 0.25) is 5.91 Å². The maximum absolute atomic E-state index is 12.5. The largest absolute Gasteiger partial charge is 0.426 e. The van der Waals surface area contributed by atoms with Crippen LogP contribution in [0.5, 0.6) is 5.75 Å². The van der Waals surface area contributed by atoms with Crippen LogP contribution in [0, 0.1) is 11.8 Å². The van der Waals surface area contributed by atoms with E-state index >= 15 is 0 Å². The maximum Gasteiger partial charge on any atom is 0.314 e. The minimum absolute atomic E-state index is 0.0296. The second-order valence-electron chi connectivity index (χ2n) is 8.34. The number of benzene rings is 1. The summed E-state index contributed by atoms with van der Waals surface area (Å²) in [6, 6.07) is 11.2. The molecule has 0 aliphatic heterocycles. The maximum atomic E-state index is 12.5. The lowest BCUT2D eigenvalue weighted by Crippen LogP contribution is -2.25. The fourth-order valence-electron chi connectivity index (χ4n) is 4.02. The number of esters is 1. The minimum atomic E-state index is -0.150. The summed E-state index contributed by atoms with van der Waals surface area (Å²) >= 11 is 0. The molecule has 1 aromatic carbocycles. The number of carbonyl (C=O) groups excluding carboxylic acids is 2. The number of carbonyl (C=O) groups is 2. The lowest BCUT2D eigenvalue weighted by Gasteiger charge is -2.27. The first-order valence-electron chi connectivity index (χ1n) is 11.3. The third-order valence-corrected chi connectivity index (χ3v) is 5.80. The van der Waals surface area contributed by atoms with Crippen molar-refractivity contribution in [1.29, 1.82) is 0 Å². The highest BCUT2D eigenvalue weighted by Crippen LogP contribution is 2.32. The summed E-state index contributed by atoms with van der Waals surface area (Å²) in [6.07, 6.45) is 13.6. The van der Waals surface area contributed by atoms with Crippen LogP contribution in [-0.2, 0) is 9.59 Å². The van der Waals surface area contributed by atoms with Gasteiger partial charge < -0.3 is 10.1 Å². The Labute approximate surface area is 184 Å². The first-order chi connectivity index (χ1) is 15.0. The van der Waals surface area contributed by atoms with Crippen molar-refractivity contribution in [3.63, 3.8) is 0 Å². The molecule has 1 amide bonds. The van der Waals surface area contributed by atoms with Crippen molar-refractivity contribution in [3.8, 4) is 5.75 Å². The molecule has 2 aromatic rings. The number of rotatable bonds is 8.